The highest BCUT2D eigenvalue weighted by atomic mass is 32.2. The molecule has 2 aromatic carbocycles. The van der Waals surface area contributed by atoms with E-state index < -0.39 is 5.25 Å². The summed E-state index contributed by atoms with van der Waals surface area (Å²) in [6.07, 6.45) is 0. The van der Waals surface area contributed by atoms with Gasteiger partial charge in [0.05, 0.1) is 24.2 Å². The van der Waals surface area contributed by atoms with Crippen LogP contribution in [0.5, 0.6) is 0 Å². The SMILES string of the molecule is Cc1ccc(NC(=O)C(C)Sc2nnc(N3CCOCC3)n2-c2cccc(F)c2)c(C)c1. The zero-order chi connectivity index (χ0) is 22.7. The van der Waals surface area contributed by atoms with Crippen LogP contribution in [-0.2, 0) is 9.53 Å². The Kier molecular flexibility index (Phi) is 6.76. The van der Waals surface area contributed by atoms with Gasteiger partial charge in [0.25, 0.3) is 0 Å². The fourth-order valence-corrected chi connectivity index (χ4v) is 4.41. The number of hydrogen-bond donors (Lipinski definition) is 1. The molecule has 0 spiro atoms. The molecule has 1 unspecified atom stereocenters. The summed E-state index contributed by atoms with van der Waals surface area (Å²) in [7, 11) is 0. The van der Waals surface area contributed by atoms with Crippen LogP contribution >= 0.6 is 11.8 Å². The van der Waals surface area contributed by atoms with Crippen LogP contribution in [-0.4, -0.2) is 52.2 Å². The first-order valence-electron chi connectivity index (χ1n) is 10.5. The van der Waals surface area contributed by atoms with Gasteiger partial charge in [0.15, 0.2) is 5.16 Å². The molecule has 2 heterocycles. The van der Waals surface area contributed by atoms with E-state index in [0.29, 0.717) is 43.1 Å². The predicted molar refractivity (Wildman–Crippen MR) is 124 cm³/mol. The summed E-state index contributed by atoms with van der Waals surface area (Å²) in [5, 5.41) is 11.8. The zero-order valence-electron chi connectivity index (χ0n) is 18.3. The molecule has 1 saturated heterocycles. The molecule has 4 rings (SSSR count). The Balaban J connectivity index is 1.59. The summed E-state index contributed by atoms with van der Waals surface area (Å²) in [6.45, 7) is 8.32. The van der Waals surface area contributed by atoms with E-state index in [1.807, 2.05) is 39.0 Å². The molecule has 0 radical (unpaired) electrons. The molecule has 1 atom stereocenters. The first kappa shape index (κ1) is 22.3. The minimum atomic E-state index is -0.440. The lowest BCUT2D eigenvalue weighted by atomic mass is 10.1. The Bertz CT molecular complexity index is 1110. The number of rotatable bonds is 6. The molecule has 1 fully saturated rings. The van der Waals surface area contributed by atoms with E-state index >= 15 is 0 Å². The molecule has 0 saturated carbocycles. The number of halogens is 1. The van der Waals surface area contributed by atoms with Gasteiger partial charge < -0.3 is 15.0 Å². The van der Waals surface area contributed by atoms with Crippen molar-refractivity contribution < 1.29 is 13.9 Å². The molecule has 32 heavy (non-hydrogen) atoms. The highest BCUT2D eigenvalue weighted by molar-refractivity contribution is 8.00. The molecule has 1 aliphatic rings. The Morgan fingerprint density at radius 2 is 1.94 bits per heavy atom. The number of hydrogen-bond acceptors (Lipinski definition) is 6. The van der Waals surface area contributed by atoms with Gasteiger partial charge in [-0.1, -0.05) is 35.5 Å². The van der Waals surface area contributed by atoms with Gasteiger partial charge >= 0.3 is 0 Å². The summed E-state index contributed by atoms with van der Waals surface area (Å²) < 4.78 is 21.3. The number of benzene rings is 2. The van der Waals surface area contributed by atoms with Crippen LogP contribution in [0.25, 0.3) is 5.69 Å². The van der Waals surface area contributed by atoms with E-state index in [9.17, 15) is 9.18 Å². The van der Waals surface area contributed by atoms with Crippen molar-refractivity contribution in [1.82, 2.24) is 14.8 Å². The molecule has 0 bridgehead atoms. The van der Waals surface area contributed by atoms with E-state index in [4.69, 9.17) is 4.74 Å². The van der Waals surface area contributed by atoms with Gasteiger partial charge in [-0.15, -0.1) is 10.2 Å². The number of amides is 1. The van der Waals surface area contributed by atoms with Crippen molar-refractivity contribution in [3.63, 3.8) is 0 Å². The molecular weight excluding hydrogens is 429 g/mol. The van der Waals surface area contributed by atoms with Crippen molar-refractivity contribution in [2.75, 3.05) is 36.5 Å². The van der Waals surface area contributed by atoms with Crippen molar-refractivity contribution >= 4 is 29.3 Å². The molecule has 1 amide bonds. The quantitative estimate of drug-likeness (QED) is 0.567. The maximum Gasteiger partial charge on any atom is 0.237 e. The van der Waals surface area contributed by atoms with Gasteiger partial charge in [-0.25, -0.2) is 4.39 Å². The second-order valence-corrected chi connectivity index (χ2v) is 9.07. The average molecular weight is 456 g/mol. The van der Waals surface area contributed by atoms with Gasteiger partial charge in [0.1, 0.15) is 5.82 Å². The number of nitrogens with one attached hydrogen (secondary N) is 1. The lowest BCUT2D eigenvalue weighted by Gasteiger charge is -2.28. The Hall–Kier alpha value is -2.91. The van der Waals surface area contributed by atoms with Gasteiger partial charge in [0.2, 0.25) is 11.9 Å². The largest absolute Gasteiger partial charge is 0.378 e. The van der Waals surface area contributed by atoms with Crippen LogP contribution in [0.3, 0.4) is 0 Å². The minimum absolute atomic E-state index is 0.135. The third kappa shape index (κ3) is 4.94. The van der Waals surface area contributed by atoms with Gasteiger partial charge in [0, 0.05) is 18.8 Å². The molecule has 1 aliphatic heterocycles. The second-order valence-electron chi connectivity index (χ2n) is 7.76. The topological polar surface area (TPSA) is 72.3 Å². The normalized spacial score (nSPS) is 14.9. The third-order valence-corrected chi connectivity index (χ3v) is 6.31. The number of aryl methyl sites for hydroxylation is 2. The zero-order valence-corrected chi connectivity index (χ0v) is 19.2. The molecule has 9 heteroatoms. The van der Waals surface area contributed by atoms with Crippen LogP contribution in [0, 0.1) is 19.7 Å². The summed E-state index contributed by atoms with van der Waals surface area (Å²) in [5.74, 6) is 0.132. The van der Waals surface area contributed by atoms with Gasteiger partial charge in [-0.05, 0) is 50.6 Å². The molecule has 168 valence electrons. The number of carbonyl (C=O) groups excluding carboxylic acids is 1. The number of carbonyl (C=O) groups is 1. The lowest BCUT2D eigenvalue weighted by molar-refractivity contribution is -0.115. The summed E-state index contributed by atoms with van der Waals surface area (Å²) in [4.78, 5) is 14.9. The first-order chi connectivity index (χ1) is 15.4. The van der Waals surface area contributed by atoms with Crippen molar-refractivity contribution in [2.45, 2.75) is 31.2 Å². The summed E-state index contributed by atoms with van der Waals surface area (Å²) in [5.41, 5.74) is 3.55. The number of anilines is 2. The molecule has 3 aromatic rings. The van der Waals surface area contributed by atoms with Crippen molar-refractivity contribution in [1.29, 1.82) is 0 Å². The second kappa shape index (κ2) is 9.70. The van der Waals surface area contributed by atoms with Crippen LogP contribution in [0.1, 0.15) is 18.1 Å². The first-order valence-corrected chi connectivity index (χ1v) is 11.4. The summed E-state index contributed by atoms with van der Waals surface area (Å²) in [6, 6.07) is 12.2. The number of morpholine rings is 1. The van der Waals surface area contributed by atoms with Crippen LogP contribution in [0.4, 0.5) is 16.0 Å². The van der Waals surface area contributed by atoms with E-state index in [1.165, 1.54) is 23.9 Å². The molecule has 0 aliphatic carbocycles. The van der Waals surface area contributed by atoms with Gasteiger partial charge in [-0.3, -0.25) is 9.36 Å². The third-order valence-electron chi connectivity index (χ3n) is 5.27. The summed E-state index contributed by atoms with van der Waals surface area (Å²) >= 11 is 1.29. The average Bonchev–Trinajstić information content (AvgIpc) is 3.19. The fourth-order valence-electron chi connectivity index (χ4n) is 3.55. The smallest absolute Gasteiger partial charge is 0.237 e. The molecule has 7 nitrogen and oxygen atoms in total. The Morgan fingerprint density at radius 1 is 1.16 bits per heavy atom. The van der Waals surface area contributed by atoms with E-state index in [0.717, 1.165) is 16.8 Å². The maximum atomic E-state index is 14.0. The van der Waals surface area contributed by atoms with Gasteiger partial charge in [-0.2, -0.15) is 0 Å². The van der Waals surface area contributed by atoms with E-state index in [1.54, 1.807) is 16.7 Å². The molecule has 1 N–H and O–H groups in total. The van der Waals surface area contributed by atoms with Crippen molar-refractivity contribution in [3.05, 3.63) is 59.4 Å². The lowest BCUT2D eigenvalue weighted by Crippen LogP contribution is -2.38. The van der Waals surface area contributed by atoms with Crippen LogP contribution < -0.4 is 10.2 Å². The maximum absolute atomic E-state index is 14.0. The van der Waals surface area contributed by atoms with Crippen molar-refractivity contribution in [2.24, 2.45) is 0 Å². The van der Waals surface area contributed by atoms with Crippen LogP contribution in [0.2, 0.25) is 0 Å². The van der Waals surface area contributed by atoms with Crippen molar-refractivity contribution in [3.8, 4) is 5.69 Å². The number of ether oxygens (including phenoxy) is 1. The monoisotopic (exact) mass is 455 g/mol. The standard InChI is InChI=1S/C23H26FN5O2S/c1-15-7-8-20(16(2)13-15)25-21(30)17(3)32-23-27-26-22(28-9-11-31-12-10-28)29(23)19-6-4-5-18(24)14-19/h4-8,13-14,17H,9-12H2,1-3H3,(H,25,30). The highest BCUT2D eigenvalue weighted by Crippen LogP contribution is 2.30. The number of aromatic nitrogens is 3. The number of nitrogens with zero attached hydrogens (tertiary/aromatic N) is 4. The predicted octanol–water partition coefficient (Wildman–Crippen LogP) is 3.98. The fraction of sp³-hybridized carbons (Fsp3) is 0.348. The Morgan fingerprint density at radius 3 is 2.66 bits per heavy atom. The van der Waals surface area contributed by atoms with E-state index in [2.05, 4.69) is 20.4 Å². The van der Waals surface area contributed by atoms with Crippen LogP contribution in [0.15, 0.2) is 47.6 Å². The number of thioether (sulfide) groups is 1. The van der Waals surface area contributed by atoms with E-state index in [-0.39, 0.29) is 11.7 Å². The highest BCUT2D eigenvalue weighted by Gasteiger charge is 2.25. The Labute approximate surface area is 191 Å². The molecular formula is C23H26FN5O2S. The molecule has 1 aromatic heterocycles. The minimum Gasteiger partial charge on any atom is -0.378 e.